The summed E-state index contributed by atoms with van der Waals surface area (Å²) in [5, 5.41) is 0. The van der Waals surface area contributed by atoms with Crippen molar-refractivity contribution >= 4 is 5.91 Å². The van der Waals surface area contributed by atoms with Gasteiger partial charge in [0.2, 0.25) is 5.91 Å². The fourth-order valence-electron chi connectivity index (χ4n) is 2.51. The van der Waals surface area contributed by atoms with E-state index in [4.69, 9.17) is 16.2 Å². The Morgan fingerprint density at radius 3 is 2.60 bits per heavy atom. The maximum absolute atomic E-state index is 11.1. The van der Waals surface area contributed by atoms with Gasteiger partial charge in [-0.1, -0.05) is 30.3 Å². The first kappa shape index (κ1) is 12.7. The lowest BCUT2D eigenvalue weighted by Crippen LogP contribution is -2.24. The van der Waals surface area contributed by atoms with Crippen LogP contribution in [-0.4, -0.2) is 18.6 Å². The molecule has 0 fully saturated rings. The van der Waals surface area contributed by atoms with Crippen LogP contribution in [-0.2, 0) is 6.42 Å². The fourth-order valence-corrected chi connectivity index (χ4v) is 2.51. The molecule has 1 atom stereocenters. The molecule has 1 aliphatic heterocycles. The number of hydrogen-bond acceptors (Lipinski definition) is 3. The van der Waals surface area contributed by atoms with Crippen LogP contribution in [0.15, 0.2) is 42.5 Å². The molecule has 0 saturated carbocycles. The summed E-state index contributed by atoms with van der Waals surface area (Å²) < 4.78 is 5.90. The minimum absolute atomic E-state index is 0.0519. The van der Waals surface area contributed by atoms with Crippen LogP contribution in [0.4, 0.5) is 0 Å². The summed E-state index contributed by atoms with van der Waals surface area (Å²) in [6.07, 6.45) is 0.898. The number of amides is 1. The molecule has 1 aliphatic rings. The molecule has 0 aliphatic carbocycles. The summed E-state index contributed by atoms with van der Waals surface area (Å²) in [5.74, 6) is 0.476. The van der Waals surface area contributed by atoms with Gasteiger partial charge in [-0.2, -0.15) is 0 Å². The molecule has 0 bridgehead atoms. The lowest BCUT2D eigenvalue weighted by molar-refractivity contribution is 0.100. The molecule has 0 radical (unpaired) electrons. The van der Waals surface area contributed by atoms with Crippen LogP contribution in [0.5, 0.6) is 5.75 Å². The molecule has 102 valence electrons. The second-order valence-corrected chi connectivity index (χ2v) is 4.92. The van der Waals surface area contributed by atoms with Crippen LogP contribution < -0.4 is 16.2 Å². The highest BCUT2D eigenvalue weighted by Gasteiger charge is 2.24. The first-order valence-corrected chi connectivity index (χ1v) is 6.58. The number of nitrogens with two attached hydrogens (primary N) is 2. The van der Waals surface area contributed by atoms with Gasteiger partial charge in [0.05, 0.1) is 0 Å². The minimum Gasteiger partial charge on any atom is -0.488 e. The van der Waals surface area contributed by atoms with E-state index in [1.807, 2.05) is 24.3 Å². The maximum atomic E-state index is 11.1. The van der Waals surface area contributed by atoms with Gasteiger partial charge >= 0.3 is 0 Å². The van der Waals surface area contributed by atoms with Crippen molar-refractivity contribution in [1.82, 2.24) is 0 Å². The van der Waals surface area contributed by atoms with E-state index in [-0.39, 0.29) is 6.10 Å². The van der Waals surface area contributed by atoms with Gasteiger partial charge in [0.1, 0.15) is 11.9 Å². The highest BCUT2D eigenvalue weighted by atomic mass is 16.5. The topological polar surface area (TPSA) is 78.3 Å². The normalized spacial score (nSPS) is 16.6. The Morgan fingerprint density at radius 2 is 1.95 bits per heavy atom. The van der Waals surface area contributed by atoms with Gasteiger partial charge in [-0.05, 0) is 23.3 Å². The summed E-state index contributed by atoms with van der Waals surface area (Å²) in [6.45, 7) is 0.509. The third kappa shape index (κ3) is 2.14. The number of hydrogen-bond donors (Lipinski definition) is 2. The second kappa shape index (κ2) is 4.98. The number of rotatable bonds is 3. The highest BCUT2D eigenvalue weighted by Crippen LogP contribution is 2.38. The van der Waals surface area contributed by atoms with Crippen LogP contribution in [0.1, 0.15) is 15.9 Å². The molecular weight excluding hydrogens is 252 g/mol. The number of carbonyl (C=O) groups is 1. The number of carbonyl (C=O) groups excluding carboxylic acids is 1. The molecular formula is C16H16N2O2. The highest BCUT2D eigenvalue weighted by molar-refractivity contribution is 5.93. The summed E-state index contributed by atoms with van der Waals surface area (Å²) in [4.78, 5) is 11.1. The first-order valence-electron chi connectivity index (χ1n) is 6.58. The van der Waals surface area contributed by atoms with Gasteiger partial charge in [0.25, 0.3) is 0 Å². The monoisotopic (exact) mass is 268 g/mol. The predicted molar refractivity (Wildman–Crippen MR) is 77.6 cm³/mol. The molecule has 0 spiro atoms. The SMILES string of the molecule is NCC1Cc2cccc(-c3ccc(C(N)=O)cc3)c2O1. The van der Waals surface area contributed by atoms with Crippen molar-refractivity contribution in [1.29, 1.82) is 0 Å². The van der Waals surface area contributed by atoms with E-state index in [1.54, 1.807) is 12.1 Å². The van der Waals surface area contributed by atoms with Gasteiger partial charge in [0, 0.05) is 24.1 Å². The van der Waals surface area contributed by atoms with E-state index in [0.29, 0.717) is 12.1 Å². The number of para-hydroxylation sites is 1. The Balaban J connectivity index is 2.00. The van der Waals surface area contributed by atoms with Gasteiger partial charge < -0.3 is 16.2 Å². The Labute approximate surface area is 117 Å². The smallest absolute Gasteiger partial charge is 0.248 e. The van der Waals surface area contributed by atoms with E-state index in [1.165, 1.54) is 5.56 Å². The van der Waals surface area contributed by atoms with Crippen LogP contribution in [0, 0.1) is 0 Å². The third-order valence-corrected chi connectivity index (χ3v) is 3.57. The quantitative estimate of drug-likeness (QED) is 0.889. The molecule has 3 rings (SSSR count). The molecule has 0 aromatic heterocycles. The van der Waals surface area contributed by atoms with Crippen LogP contribution in [0.25, 0.3) is 11.1 Å². The van der Waals surface area contributed by atoms with Gasteiger partial charge in [-0.25, -0.2) is 0 Å². The third-order valence-electron chi connectivity index (χ3n) is 3.57. The molecule has 2 aromatic carbocycles. The van der Waals surface area contributed by atoms with Crippen LogP contribution >= 0.6 is 0 Å². The molecule has 1 heterocycles. The first-order chi connectivity index (χ1) is 9.69. The molecule has 20 heavy (non-hydrogen) atoms. The molecule has 2 aromatic rings. The van der Waals surface area contributed by atoms with E-state index < -0.39 is 5.91 Å². The molecule has 0 saturated heterocycles. The number of primary amides is 1. The molecule has 4 heteroatoms. The summed E-state index contributed by atoms with van der Waals surface area (Å²) in [7, 11) is 0. The number of benzene rings is 2. The van der Waals surface area contributed by atoms with Gasteiger partial charge in [-0.15, -0.1) is 0 Å². The predicted octanol–water partition coefficient (Wildman–Crippen LogP) is 1.71. The zero-order valence-electron chi connectivity index (χ0n) is 11.0. The van der Waals surface area contributed by atoms with E-state index in [0.717, 1.165) is 23.3 Å². The van der Waals surface area contributed by atoms with Crippen molar-refractivity contribution in [3.8, 4) is 16.9 Å². The van der Waals surface area contributed by atoms with Gasteiger partial charge in [-0.3, -0.25) is 4.79 Å². The maximum Gasteiger partial charge on any atom is 0.248 e. The minimum atomic E-state index is -0.422. The van der Waals surface area contributed by atoms with E-state index in [9.17, 15) is 4.79 Å². The Hall–Kier alpha value is -2.33. The standard InChI is InChI=1S/C16H16N2O2/c17-9-13-8-12-2-1-3-14(15(12)20-13)10-4-6-11(7-5-10)16(18)19/h1-7,13H,8-9,17H2,(H2,18,19). The number of ether oxygens (including phenoxy) is 1. The van der Waals surface area contributed by atoms with Crippen molar-refractivity contribution in [2.75, 3.05) is 6.54 Å². The Kier molecular flexibility index (Phi) is 3.16. The van der Waals surface area contributed by atoms with Gasteiger partial charge in [0.15, 0.2) is 0 Å². The van der Waals surface area contributed by atoms with Crippen LogP contribution in [0.3, 0.4) is 0 Å². The summed E-state index contributed by atoms with van der Waals surface area (Å²) in [6, 6.07) is 13.3. The molecule has 4 nitrogen and oxygen atoms in total. The van der Waals surface area contributed by atoms with Crippen LogP contribution in [0.2, 0.25) is 0 Å². The summed E-state index contributed by atoms with van der Waals surface area (Å²) in [5.41, 5.74) is 14.6. The average molecular weight is 268 g/mol. The largest absolute Gasteiger partial charge is 0.488 e. The molecule has 1 amide bonds. The van der Waals surface area contributed by atoms with Crippen molar-refractivity contribution in [3.63, 3.8) is 0 Å². The lowest BCUT2D eigenvalue weighted by atomic mass is 9.99. The molecule has 1 unspecified atom stereocenters. The number of fused-ring (bicyclic) bond motifs is 1. The average Bonchev–Trinajstić information content (AvgIpc) is 2.90. The van der Waals surface area contributed by atoms with Crippen molar-refractivity contribution in [3.05, 3.63) is 53.6 Å². The van der Waals surface area contributed by atoms with E-state index >= 15 is 0 Å². The van der Waals surface area contributed by atoms with E-state index in [2.05, 4.69) is 6.07 Å². The van der Waals surface area contributed by atoms with Crippen molar-refractivity contribution < 1.29 is 9.53 Å². The lowest BCUT2D eigenvalue weighted by Gasteiger charge is -2.11. The second-order valence-electron chi connectivity index (χ2n) is 4.92. The van der Waals surface area contributed by atoms with Crippen molar-refractivity contribution in [2.24, 2.45) is 11.5 Å². The van der Waals surface area contributed by atoms with Crippen molar-refractivity contribution in [2.45, 2.75) is 12.5 Å². The Bertz CT molecular complexity index is 650. The zero-order valence-corrected chi connectivity index (χ0v) is 11.0. The summed E-state index contributed by atoms with van der Waals surface area (Å²) >= 11 is 0. The zero-order chi connectivity index (χ0) is 14.1. The fraction of sp³-hybridized carbons (Fsp3) is 0.188. The Morgan fingerprint density at radius 1 is 1.20 bits per heavy atom. The molecule has 4 N–H and O–H groups in total.